The third kappa shape index (κ3) is 4.72. The molecule has 1 aromatic carbocycles. The number of carbonyl (C=O) groups is 2. The fourth-order valence-corrected chi connectivity index (χ4v) is 3.32. The number of nitrogens with one attached hydrogen (secondary N) is 2. The van der Waals surface area contributed by atoms with E-state index < -0.39 is 0 Å². The summed E-state index contributed by atoms with van der Waals surface area (Å²) in [7, 11) is 1.62. The molecule has 0 spiro atoms. The maximum absolute atomic E-state index is 12.4. The molecule has 1 saturated heterocycles. The van der Waals surface area contributed by atoms with Crippen LogP contribution in [-0.2, 0) is 11.2 Å². The summed E-state index contributed by atoms with van der Waals surface area (Å²) < 4.78 is 5.95. The average molecular weight is 345 g/mol. The molecule has 2 aliphatic rings. The fourth-order valence-electron chi connectivity index (χ4n) is 3.32. The Balaban J connectivity index is 1.48. The minimum Gasteiger partial charge on any atom is -0.371 e. The Morgan fingerprint density at radius 3 is 2.80 bits per heavy atom. The summed E-state index contributed by atoms with van der Waals surface area (Å²) in [6.07, 6.45) is 3.42. The predicted molar refractivity (Wildman–Crippen MR) is 95.6 cm³/mol. The molecule has 0 bridgehead atoms. The largest absolute Gasteiger partial charge is 0.371 e. The lowest BCUT2D eigenvalue weighted by Gasteiger charge is -2.37. The minimum atomic E-state index is -0.0979. The van der Waals surface area contributed by atoms with Gasteiger partial charge in [0.1, 0.15) is 0 Å². The van der Waals surface area contributed by atoms with Gasteiger partial charge in [-0.1, -0.05) is 12.1 Å². The molecule has 6 heteroatoms. The molecule has 1 aliphatic heterocycles. The van der Waals surface area contributed by atoms with Crippen molar-refractivity contribution < 1.29 is 14.3 Å². The fraction of sp³-hybridized carbons (Fsp3) is 0.579. The van der Waals surface area contributed by atoms with E-state index in [9.17, 15) is 9.59 Å². The highest BCUT2D eigenvalue weighted by Gasteiger charge is 2.38. The van der Waals surface area contributed by atoms with Crippen molar-refractivity contribution in [2.24, 2.45) is 5.92 Å². The first-order valence-corrected chi connectivity index (χ1v) is 9.06. The van der Waals surface area contributed by atoms with Crippen LogP contribution in [0.4, 0.5) is 4.79 Å². The van der Waals surface area contributed by atoms with Crippen LogP contribution in [0.5, 0.6) is 0 Å². The monoisotopic (exact) mass is 345 g/mol. The summed E-state index contributed by atoms with van der Waals surface area (Å²) in [5.74, 6) is 0.532. The van der Waals surface area contributed by atoms with Gasteiger partial charge in [0.05, 0.1) is 12.2 Å². The lowest BCUT2D eigenvalue weighted by atomic mass is 10.1. The van der Waals surface area contributed by atoms with Crippen molar-refractivity contribution in [2.75, 3.05) is 26.7 Å². The van der Waals surface area contributed by atoms with Crippen LogP contribution in [0.3, 0.4) is 0 Å². The number of amides is 3. The molecule has 1 aromatic rings. The Morgan fingerprint density at radius 2 is 2.08 bits per heavy atom. The van der Waals surface area contributed by atoms with E-state index in [2.05, 4.69) is 10.6 Å². The second-order valence-corrected chi connectivity index (χ2v) is 6.99. The molecule has 3 rings (SSSR count). The third-order valence-corrected chi connectivity index (χ3v) is 4.83. The van der Waals surface area contributed by atoms with Crippen LogP contribution in [-0.4, -0.2) is 55.7 Å². The number of rotatable bonds is 5. The van der Waals surface area contributed by atoms with Gasteiger partial charge >= 0.3 is 6.03 Å². The van der Waals surface area contributed by atoms with Crippen molar-refractivity contribution in [3.63, 3.8) is 0 Å². The van der Waals surface area contributed by atoms with Gasteiger partial charge in [0.25, 0.3) is 5.91 Å². The van der Waals surface area contributed by atoms with Crippen molar-refractivity contribution >= 4 is 11.9 Å². The maximum atomic E-state index is 12.4. The van der Waals surface area contributed by atoms with Gasteiger partial charge in [-0.05, 0) is 49.8 Å². The Kier molecular flexibility index (Phi) is 5.58. The second kappa shape index (κ2) is 7.87. The van der Waals surface area contributed by atoms with Crippen molar-refractivity contribution in [1.29, 1.82) is 0 Å². The van der Waals surface area contributed by atoms with E-state index in [-0.39, 0.29) is 24.1 Å². The highest BCUT2D eigenvalue weighted by atomic mass is 16.5. The van der Waals surface area contributed by atoms with Gasteiger partial charge in [-0.15, -0.1) is 0 Å². The molecule has 6 nitrogen and oxygen atoms in total. The molecule has 25 heavy (non-hydrogen) atoms. The molecule has 2 N–H and O–H groups in total. The van der Waals surface area contributed by atoms with E-state index in [1.807, 2.05) is 30.0 Å². The molecule has 136 valence electrons. The number of carbonyl (C=O) groups excluding carboxylic acids is 2. The van der Waals surface area contributed by atoms with Crippen LogP contribution < -0.4 is 10.6 Å². The lowest BCUT2D eigenvalue weighted by Crippen LogP contribution is -2.53. The highest BCUT2D eigenvalue weighted by Crippen LogP contribution is 2.36. The van der Waals surface area contributed by atoms with E-state index >= 15 is 0 Å². The summed E-state index contributed by atoms with van der Waals surface area (Å²) >= 11 is 0. The molecule has 2 fully saturated rings. The normalized spacial score (nSPS) is 23.2. The predicted octanol–water partition coefficient (Wildman–Crippen LogP) is 1.80. The van der Waals surface area contributed by atoms with Crippen LogP contribution in [0.1, 0.15) is 35.7 Å². The molecular formula is C19H27N3O3. The molecule has 1 heterocycles. The maximum Gasteiger partial charge on any atom is 0.317 e. The van der Waals surface area contributed by atoms with E-state index in [0.29, 0.717) is 37.5 Å². The summed E-state index contributed by atoms with van der Waals surface area (Å²) in [4.78, 5) is 26.0. The Morgan fingerprint density at radius 1 is 1.28 bits per heavy atom. The van der Waals surface area contributed by atoms with Crippen LogP contribution in [0.15, 0.2) is 24.3 Å². The summed E-state index contributed by atoms with van der Waals surface area (Å²) in [5.41, 5.74) is 1.67. The number of nitrogens with zero attached hydrogens (tertiary/aromatic N) is 1. The quantitative estimate of drug-likeness (QED) is 0.855. The topological polar surface area (TPSA) is 70.7 Å². The third-order valence-electron chi connectivity index (χ3n) is 4.83. The molecular weight excluding hydrogens is 318 g/mol. The Labute approximate surface area is 148 Å². The number of benzene rings is 1. The Bertz CT molecular complexity index is 630. The zero-order chi connectivity index (χ0) is 17.8. The van der Waals surface area contributed by atoms with Gasteiger partial charge in [-0.2, -0.15) is 0 Å². The molecule has 2 atom stereocenters. The molecule has 0 unspecified atom stereocenters. The molecule has 0 radical (unpaired) electrons. The van der Waals surface area contributed by atoms with E-state index in [4.69, 9.17) is 4.74 Å². The summed E-state index contributed by atoms with van der Waals surface area (Å²) in [5, 5.41) is 5.62. The molecule has 1 saturated carbocycles. The minimum absolute atomic E-state index is 0.0248. The zero-order valence-corrected chi connectivity index (χ0v) is 15.0. The van der Waals surface area contributed by atoms with Gasteiger partial charge in [-0.25, -0.2) is 4.79 Å². The van der Waals surface area contributed by atoms with Crippen molar-refractivity contribution in [3.05, 3.63) is 35.4 Å². The van der Waals surface area contributed by atoms with Gasteiger partial charge in [0.2, 0.25) is 0 Å². The molecule has 3 amide bonds. The van der Waals surface area contributed by atoms with Crippen LogP contribution in [0.25, 0.3) is 0 Å². The first-order valence-electron chi connectivity index (χ1n) is 9.06. The van der Waals surface area contributed by atoms with Crippen molar-refractivity contribution in [3.8, 4) is 0 Å². The smallest absolute Gasteiger partial charge is 0.317 e. The number of hydrogen-bond acceptors (Lipinski definition) is 3. The van der Waals surface area contributed by atoms with Gasteiger partial charge in [0, 0.05) is 32.2 Å². The van der Waals surface area contributed by atoms with E-state index in [1.165, 1.54) is 12.8 Å². The van der Waals surface area contributed by atoms with Gasteiger partial charge in [-0.3, -0.25) is 4.79 Å². The molecule has 0 aromatic heterocycles. The van der Waals surface area contributed by atoms with E-state index in [0.717, 1.165) is 5.56 Å². The van der Waals surface area contributed by atoms with Crippen LogP contribution >= 0.6 is 0 Å². The van der Waals surface area contributed by atoms with Crippen molar-refractivity contribution in [2.45, 2.75) is 38.4 Å². The van der Waals surface area contributed by atoms with Crippen molar-refractivity contribution in [1.82, 2.24) is 15.5 Å². The number of hydrogen-bond donors (Lipinski definition) is 2. The number of ether oxygens (including phenoxy) is 1. The zero-order valence-electron chi connectivity index (χ0n) is 15.0. The van der Waals surface area contributed by atoms with Crippen LogP contribution in [0.2, 0.25) is 0 Å². The molecule has 1 aliphatic carbocycles. The summed E-state index contributed by atoms with van der Waals surface area (Å²) in [6, 6.07) is 7.46. The standard InChI is InChI=1S/C19H27N3O3/c1-13-11-22(12-17(25-13)15-6-7-15)19(24)21-9-8-14-4-3-5-16(10-14)18(23)20-2/h3-5,10,13,15,17H,6-9,11-12H2,1-2H3,(H,20,23)(H,21,24)/t13-,17-/m0/s1. The number of urea groups is 1. The summed E-state index contributed by atoms with van der Waals surface area (Å²) in [6.45, 7) is 3.91. The second-order valence-electron chi connectivity index (χ2n) is 6.99. The lowest BCUT2D eigenvalue weighted by molar-refractivity contribution is -0.0730. The van der Waals surface area contributed by atoms with E-state index in [1.54, 1.807) is 13.1 Å². The van der Waals surface area contributed by atoms with Gasteiger partial charge < -0.3 is 20.3 Å². The SMILES string of the molecule is CNC(=O)c1cccc(CCNC(=O)N2C[C@@H](C3CC3)O[C@@H](C)C2)c1. The van der Waals surface area contributed by atoms with Gasteiger partial charge in [0.15, 0.2) is 0 Å². The Hall–Kier alpha value is -2.08. The first kappa shape index (κ1) is 17.7. The van der Waals surface area contributed by atoms with Crippen LogP contribution in [0, 0.1) is 5.92 Å². The first-order chi connectivity index (χ1) is 12.1. The average Bonchev–Trinajstić information content (AvgIpc) is 3.46. The number of morpholine rings is 1. The highest BCUT2D eigenvalue weighted by molar-refractivity contribution is 5.94.